The maximum absolute atomic E-state index is 5.89. The van der Waals surface area contributed by atoms with Crippen LogP contribution in [0.15, 0.2) is 55.1 Å². The highest BCUT2D eigenvalue weighted by molar-refractivity contribution is 6.17. The molecular weight excluding hydrogens is 294 g/mol. The maximum atomic E-state index is 5.89. The Balaban J connectivity index is 1.88. The molecule has 0 aliphatic heterocycles. The summed E-state index contributed by atoms with van der Waals surface area (Å²) in [5, 5.41) is 4.47. The Bertz CT molecular complexity index is 772. The number of halogens is 1. The van der Waals surface area contributed by atoms with Gasteiger partial charge in [0, 0.05) is 11.0 Å². The van der Waals surface area contributed by atoms with Gasteiger partial charge in [-0.2, -0.15) is 0 Å². The number of rotatable bonds is 4. The molecule has 0 aliphatic rings. The monoisotopic (exact) mass is 312 g/mol. The molecule has 0 bridgehead atoms. The Morgan fingerprint density at radius 3 is 2.45 bits per heavy atom. The molecule has 3 aromatic rings. The van der Waals surface area contributed by atoms with Crippen LogP contribution in [0.25, 0.3) is 5.69 Å². The molecule has 0 atom stereocenters. The van der Waals surface area contributed by atoms with E-state index in [1.54, 1.807) is 0 Å². The Hall–Kier alpha value is -2.13. The quantitative estimate of drug-likeness (QED) is 0.533. The normalized spacial score (nSPS) is 10.9. The minimum Gasteiger partial charge on any atom is -0.203 e. The minimum atomic E-state index is 0.537. The first kappa shape index (κ1) is 14.8. The van der Waals surface area contributed by atoms with Gasteiger partial charge in [0.25, 0.3) is 6.33 Å². The Morgan fingerprint density at radius 2 is 1.73 bits per heavy atom. The van der Waals surface area contributed by atoms with Crippen molar-refractivity contribution in [3.8, 4) is 5.69 Å². The second-order valence-corrected chi connectivity index (χ2v) is 5.81. The zero-order valence-corrected chi connectivity index (χ0v) is 13.6. The molecule has 3 nitrogen and oxygen atoms in total. The van der Waals surface area contributed by atoms with Crippen LogP contribution in [0.3, 0.4) is 0 Å². The first-order chi connectivity index (χ1) is 10.7. The standard InChI is InChI=1S/C18H19ClN3/c1-14-5-3-6-15(2)18(14)21-12-20-22(13-21)11-17-8-4-7-16(9-17)10-19/h3-9,12-13H,10-11H2,1-2H3/q+1. The van der Waals surface area contributed by atoms with Crippen LogP contribution >= 0.6 is 11.6 Å². The van der Waals surface area contributed by atoms with Crippen molar-refractivity contribution in [2.24, 2.45) is 0 Å². The van der Waals surface area contributed by atoms with Crippen LogP contribution in [0, 0.1) is 13.8 Å². The van der Waals surface area contributed by atoms with Gasteiger partial charge in [0.05, 0.1) is 0 Å². The van der Waals surface area contributed by atoms with Crippen molar-refractivity contribution in [1.29, 1.82) is 0 Å². The zero-order valence-electron chi connectivity index (χ0n) is 12.8. The first-order valence-electron chi connectivity index (χ1n) is 7.31. The number of benzene rings is 2. The van der Waals surface area contributed by atoms with Gasteiger partial charge in [-0.15, -0.1) is 16.3 Å². The third-order valence-electron chi connectivity index (χ3n) is 3.77. The van der Waals surface area contributed by atoms with Gasteiger partial charge in [-0.05, 0) is 36.1 Å². The van der Waals surface area contributed by atoms with E-state index in [1.165, 1.54) is 22.4 Å². The van der Waals surface area contributed by atoms with Crippen LogP contribution in [-0.4, -0.2) is 9.78 Å². The van der Waals surface area contributed by atoms with Gasteiger partial charge < -0.3 is 0 Å². The van der Waals surface area contributed by atoms with Crippen molar-refractivity contribution in [3.63, 3.8) is 0 Å². The molecule has 3 rings (SSSR count). The van der Waals surface area contributed by atoms with Gasteiger partial charge in [0.2, 0.25) is 6.33 Å². The first-order valence-corrected chi connectivity index (χ1v) is 7.85. The van der Waals surface area contributed by atoms with E-state index in [1.807, 2.05) is 29.5 Å². The molecule has 4 heteroatoms. The van der Waals surface area contributed by atoms with Crippen molar-refractivity contribution in [2.75, 3.05) is 0 Å². The summed E-state index contributed by atoms with van der Waals surface area (Å²) in [4.78, 5) is 0. The number of hydrogen-bond acceptors (Lipinski definition) is 1. The number of hydrogen-bond donors (Lipinski definition) is 0. The van der Waals surface area contributed by atoms with Crippen molar-refractivity contribution < 1.29 is 4.57 Å². The second kappa shape index (κ2) is 6.32. The van der Waals surface area contributed by atoms with Crippen LogP contribution in [-0.2, 0) is 12.4 Å². The van der Waals surface area contributed by atoms with Gasteiger partial charge in [-0.3, -0.25) is 0 Å². The molecule has 0 aliphatic carbocycles. The SMILES string of the molecule is Cc1cccc(C)c1-[n+]1cnn(Cc2cccc(CCl)c2)c1. The average Bonchev–Trinajstić information content (AvgIpc) is 2.95. The molecule has 2 aromatic carbocycles. The maximum Gasteiger partial charge on any atom is 0.270 e. The topological polar surface area (TPSA) is 21.7 Å². The van der Waals surface area contributed by atoms with E-state index in [-0.39, 0.29) is 0 Å². The lowest BCUT2D eigenvalue weighted by Crippen LogP contribution is -2.30. The molecule has 22 heavy (non-hydrogen) atoms. The van der Waals surface area contributed by atoms with Crippen LogP contribution in [0.2, 0.25) is 0 Å². The highest BCUT2D eigenvalue weighted by Crippen LogP contribution is 2.13. The number of para-hydroxylation sites is 1. The van der Waals surface area contributed by atoms with Gasteiger partial charge in [0.15, 0.2) is 0 Å². The highest BCUT2D eigenvalue weighted by Gasteiger charge is 2.12. The summed E-state index contributed by atoms with van der Waals surface area (Å²) in [5.74, 6) is 0.537. The molecule has 1 heterocycles. The lowest BCUT2D eigenvalue weighted by Gasteiger charge is -2.04. The van der Waals surface area contributed by atoms with E-state index in [2.05, 4.69) is 53.8 Å². The van der Waals surface area contributed by atoms with E-state index >= 15 is 0 Å². The Labute approximate surface area is 135 Å². The van der Waals surface area contributed by atoms with E-state index < -0.39 is 0 Å². The molecule has 1 aromatic heterocycles. The second-order valence-electron chi connectivity index (χ2n) is 5.55. The molecule has 0 amide bonds. The fourth-order valence-corrected chi connectivity index (χ4v) is 2.90. The Kier molecular flexibility index (Phi) is 4.25. The predicted molar refractivity (Wildman–Crippen MR) is 88.3 cm³/mol. The molecule has 0 unspecified atom stereocenters. The third kappa shape index (κ3) is 3.04. The van der Waals surface area contributed by atoms with E-state index in [0.29, 0.717) is 5.88 Å². The van der Waals surface area contributed by atoms with Crippen molar-refractivity contribution >= 4 is 11.6 Å². The summed E-state index contributed by atoms with van der Waals surface area (Å²) >= 11 is 5.89. The van der Waals surface area contributed by atoms with Crippen LogP contribution in [0.5, 0.6) is 0 Å². The summed E-state index contributed by atoms with van der Waals surface area (Å²) in [6.45, 7) is 4.98. The molecule has 0 radical (unpaired) electrons. The summed E-state index contributed by atoms with van der Waals surface area (Å²) < 4.78 is 4.02. The van der Waals surface area contributed by atoms with Crippen molar-refractivity contribution in [3.05, 3.63) is 77.4 Å². The summed E-state index contributed by atoms with van der Waals surface area (Å²) in [5.41, 5.74) is 6.02. The smallest absolute Gasteiger partial charge is 0.203 e. The van der Waals surface area contributed by atoms with Gasteiger partial charge in [0.1, 0.15) is 12.2 Å². The lowest BCUT2D eigenvalue weighted by atomic mass is 10.1. The number of nitrogens with zero attached hydrogens (tertiary/aromatic N) is 3. The molecule has 0 spiro atoms. The van der Waals surface area contributed by atoms with Gasteiger partial charge in [-0.1, -0.05) is 42.5 Å². The summed E-state index contributed by atoms with van der Waals surface area (Å²) in [6, 6.07) is 14.6. The zero-order chi connectivity index (χ0) is 15.5. The molecule has 112 valence electrons. The van der Waals surface area contributed by atoms with Crippen LogP contribution < -0.4 is 4.57 Å². The average molecular weight is 313 g/mol. The molecule has 0 saturated heterocycles. The molecule has 0 fully saturated rings. The molecule has 0 saturated carbocycles. The number of aryl methyl sites for hydroxylation is 2. The van der Waals surface area contributed by atoms with Crippen LogP contribution in [0.4, 0.5) is 0 Å². The lowest BCUT2D eigenvalue weighted by molar-refractivity contribution is -0.597. The fraction of sp³-hybridized carbons (Fsp3) is 0.222. The van der Waals surface area contributed by atoms with Crippen LogP contribution in [0.1, 0.15) is 22.3 Å². The highest BCUT2D eigenvalue weighted by atomic mass is 35.5. The van der Waals surface area contributed by atoms with Gasteiger partial charge >= 0.3 is 0 Å². The van der Waals surface area contributed by atoms with Crippen molar-refractivity contribution in [2.45, 2.75) is 26.3 Å². The van der Waals surface area contributed by atoms with E-state index in [4.69, 9.17) is 11.6 Å². The molecule has 0 N–H and O–H groups in total. The fourth-order valence-electron chi connectivity index (χ4n) is 2.73. The summed E-state index contributed by atoms with van der Waals surface area (Å²) in [6.07, 6.45) is 3.89. The predicted octanol–water partition coefficient (Wildman–Crippen LogP) is 3.56. The largest absolute Gasteiger partial charge is 0.270 e. The molecular formula is C18H19ClN3+. The van der Waals surface area contributed by atoms with E-state index in [0.717, 1.165) is 12.1 Å². The number of aromatic nitrogens is 3. The van der Waals surface area contributed by atoms with Crippen molar-refractivity contribution in [1.82, 2.24) is 9.78 Å². The Morgan fingerprint density at radius 1 is 1.05 bits per heavy atom. The van der Waals surface area contributed by atoms with Gasteiger partial charge in [-0.25, -0.2) is 4.57 Å². The third-order valence-corrected chi connectivity index (χ3v) is 4.08. The minimum absolute atomic E-state index is 0.537. The summed E-state index contributed by atoms with van der Waals surface area (Å²) in [7, 11) is 0. The van der Waals surface area contributed by atoms with E-state index in [9.17, 15) is 0 Å². The number of alkyl halides is 1.